The summed E-state index contributed by atoms with van der Waals surface area (Å²) in [7, 11) is 0. The van der Waals surface area contributed by atoms with Crippen LogP contribution >= 0.6 is 0 Å². The highest BCUT2D eigenvalue weighted by molar-refractivity contribution is 5.82. The van der Waals surface area contributed by atoms with Crippen molar-refractivity contribution in [2.75, 3.05) is 24.7 Å². The number of fused-ring (bicyclic) bond motifs is 1. The molecule has 0 amide bonds. The van der Waals surface area contributed by atoms with Gasteiger partial charge in [0.15, 0.2) is 11.5 Å². The lowest BCUT2D eigenvalue weighted by Gasteiger charge is -2.27. The molecule has 11 heteroatoms. The van der Waals surface area contributed by atoms with E-state index in [0.29, 0.717) is 11.2 Å². The Hall–Kier alpha value is -2.95. The van der Waals surface area contributed by atoms with Gasteiger partial charge in [0.25, 0.3) is 0 Å². The molecule has 0 unspecified atom stereocenters. The lowest BCUT2D eigenvalue weighted by atomic mass is 10.0. The van der Waals surface area contributed by atoms with Gasteiger partial charge in [-0.25, -0.2) is 4.98 Å². The van der Waals surface area contributed by atoms with E-state index in [2.05, 4.69) is 15.0 Å². The maximum absolute atomic E-state index is 11.0. The lowest BCUT2D eigenvalue weighted by Crippen LogP contribution is -2.41. The summed E-state index contributed by atoms with van der Waals surface area (Å²) in [5.74, 6) is -0.955. The van der Waals surface area contributed by atoms with E-state index in [4.69, 9.17) is 20.9 Å². The normalized spacial score (nSPS) is 11.5. The summed E-state index contributed by atoms with van der Waals surface area (Å²) in [5, 5.41) is 10.6. The fourth-order valence-electron chi connectivity index (χ4n) is 2.13. The molecule has 25 heavy (non-hydrogen) atoms. The average molecular weight is 352 g/mol. The summed E-state index contributed by atoms with van der Waals surface area (Å²) in [6.07, 6.45) is 1.58. The first-order valence-electron chi connectivity index (χ1n) is 7.43. The van der Waals surface area contributed by atoms with E-state index in [0.717, 1.165) is 0 Å². The molecular formula is C14H20N6O5. The molecule has 136 valence electrons. The summed E-state index contributed by atoms with van der Waals surface area (Å²) in [5.41, 5.74) is 10.6. The second-order valence-electron chi connectivity index (χ2n) is 5.61. The number of aromatic nitrogens is 4. The van der Waals surface area contributed by atoms with Gasteiger partial charge in [-0.1, -0.05) is 0 Å². The lowest BCUT2D eigenvalue weighted by molar-refractivity contribution is -0.161. The van der Waals surface area contributed by atoms with Gasteiger partial charge in [0.1, 0.15) is 24.3 Å². The van der Waals surface area contributed by atoms with Gasteiger partial charge >= 0.3 is 11.9 Å². The molecule has 2 rings (SSSR count). The van der Waals surface area contributed by atoms with Crippen LogP contribution in [0, 0.1) is 0 Å². The van der Waals surface area contributed by atoms with Crippen molar-refractivity contribution in [3.63, 3.8) is 0 Å². The molecular weight excluding hydrogens is 332 g/mol. The summed E-state index contributed by atoms with van der Waals surface area (Å²) in [6.45, 7) is 2.05. The average Bonchev–Trinajstić information content (AvgIpc) is 2.92. The van der Waals surface area contributed by atoms with E-state index < -0.39 is 17.5 Å². The number of nitrogens with two attached hydrogens (primary N) is 2. The van der Waals surface area contributed by atoms with E-state index in [1.165, 1.54) is 20.2 Å². The monoisotopic (exact) mass is 352 g/mol. The number of esters is 2. The standard InChI is InChI=1S/C14H20N6O5/c1-8(21)24-5-14(23,6-25-9(2)22)3-4-20-7-17-10-11(15)18-13(16)19-12(10)20/h7,23H,3-6H2,1-2H3,(H4,15,16,18,19). The minimum absolute atomic E-state index is 0.00170. The molecule has 0 fully saturated rings. The molecule has 0 aliphatic rings. The fraction of sp³-hybridized carbons (Fsp3) is 0.500. The summed E-state index contributed by atoms with van der Waals surface area (Å²) in [6, 6.07) is 0. The molecule has 0 saturated heterocycles. The summed E-state index contributed by atoms with van der Waals surface area (Å²) < 4.78 is 11.3. The molecule has 0 aliphatic heterocycles. The number of anilines is 2. The number of hydrogen-bond acceptors (Lipinski definition) is 10. The van der Waals surface area contributed by atoms with Crippen LogP contribution in [0.15, 0.2) is 6.33 Å². The van der Waals surface area contributed by atoms with Gasteiger partial charge in [0.05, 0.1) is 6.33 Å². The highest BCUT2D eigenvalue weighted by atomic mass is 16.6. The Labute approximate surface area is 142 Å². The van der Waals surface area contributed by atoms with Crippen LogP contribution in [0.25, 0.3) is 11.2 Å². The van der Waals surface area contributed by atoms with Crippen LogP contribution in [0.5, 0.6) is 0 Å². The van der Waals surface area contributed by atoms with E-state index in [1.807, 2.05) is 0 Å². The number of rotatable bonds is 7. The van der Waals surface area contributed by atoms with Gasteiger partial charge in [-0.3, -0.25) is 9.59 Å². The number of carbonyl (C=O) groups is 2. The Morgan fingerprint density at radius 3 is 2.36 bits per heavy atom. The summed E-state index contributed by atoms with van der Waals surface area (Å²) in [4.78, 5) is 34.0. The van der Waals surface area contributed by atoms with Crippen LogP contribution in [-0.2, 0) is 25.6 Å². The van der Waals surface area contributed by atoms with E-state index in [1.54, 1.807) is 4.57 Å². The molecule has 0 saturated carbocycles. The Balaban J connectivity index is 2.16. The molecule has 2 aromatic rings. The van der Waals surface area contributed by atoms with Crippen molar-refractivity contribution in [1.29, 1.82) is 0 Å². The second-order valence-corrected chi connectivity index (χ2v) is 5.61. The smallest absolute Gasteiger partial charge is 0.302 e. The number of nitrogens with zero attached hydrogens (tertiary/aromatic N) is 4. The van der Waals surface area contributed by atoms with Crippen LogP contribution < -0.4 is 11.5 Å². The molecule has 0 spiro atoms. The third-order valence-corrected chi connectivity index (χ3v) is 3.41. The van der Waals surface area contributed by atoms with Crippen LogP contribution in [0.3, 0.4) is 0 Å². The zero-order valence-corrected chi connectivity index (χ0v) is 13.9. The van der Waals surface area contributed by atoms with Crippen LogP contribution in [-0.4, -0.2) is 55.4 Å². The maximum Gasteiger partial charge on any atom is 0.302 e. The van der Waals surface area contributed by atoms with Crippen molar-refractivity contribution in [3.05, 3.63) is 6.33 Å². The zero-order chi connectivity index (χ0) is 18.6. The first-order chi connectivity index (χ1) is 11.7. The van der Waals surface area contributed by atoms with Crippen LogP contribution in [0.2, 0.25) is 0 Å². The Bertz CT molecular complexity index is 771. The van der Waals surface area contributed by atoms with Crippen molar-refractivity contribution < 1.29 is 24.2 Å². The topological polar surface area (TPSA) is 168 Å². The predicted octanol–water partition coefficient (Wildman–Crippen LogP) is -0.762. The zero-order valence-electron chi connectivity index (χ0n) is 13.9. The third-order valence-electron chi connectivity index (χ3n) is 3.41. The van der Waals surface area contributed by atoms with Gasteiger partial charge in [-0.05, 0) is 0 Å². The fourth-order valence-corrected chi connectivity index (χ4v) is 2.13. The first kappa shape index (κ1) is 18.4. The number of aliphatic hydroxyl groups is 1. The Morgan fingerprint density at radius 1 is 1.20 bits per heavy atom. The minimum atomic E-state index is -1.56. The van der Waals surface area contributed by atoms with Crippen molar-refractivity contribution in [3.8, 4) is 0 Å². The maximum atomic E-state index is 11.0. The van der Waals surface area contributed by atoms with E-state index >= 15 is 0 Å². The molecule has 0 atom stereocenters. The van der Waals surface area contributed by atoms with Gasteiger partial charge in [-0.2, -0.15) is 9.97 Å². The number of nitrogen functional groups attached to an aromatic ring is 2. The number of carbonyl (C=O) groups excluding carboxylic acids is 2. The van der Waals surface area contributed by atoms with Crippen molar-refractivity contribution in [1.82, 2.24) is 19.5 Å². The van der Waals surface area contributed by atoms with Gasteiger partial charge < -0.3 is 30.6 Å². The largest absolute Gasteiger partial charge is 0.463 e. The van der Waals surface area contributed by atoms with Crippen LogP contribution in [0.1, 0.15) is 20.3 Å². The van der Waals surface area contributed by atoms with E-state index in [9.17, 15) is 14.7 Å². The molecule has 0 bridgehead atoms. The van der Waals surface area contributed by atoms with Crippen LogP contribution in [0.4, 0.5) is 11.8 Å². The molecule has 0 aromatic carbocycles. The number of aryl methyl sites for hydroxylation is 1. The Morgan fingerprint density at radius 2 is 1.80 bits per heavy atom. The van der Waals surface area contributed by atoms with Crippen molar-refractivity contribution in [2.45, 2.75) is 32.4 Å². The Kier molecular flexibility index (Phi) is 5.37. The van der Waals surface area contributed by atoms with Gasteiger partial charge in [0.2, 0.25) is 5.95 Å². The SMILES string of the molecule is CC(=O)OCC(O)(CCn1cnc2c(N)nc(N)nc21)COC(C)=O. The second kappa shape index (κ2) is 7.30. The molecule has 0 aliphatic carbocycles. The minimum Gasteiger partial charge on any atom is -0.463 e. The predicted molar refractivity (Wildman–Crippen MR) is 87.0 cm³/mol. The highest BCUT2D eigenvalue weighted by Gasteiger charge is 2.30. The molecule has 11 nitrogen and oxygen atoms in total. The molecule has 2 heterocycles. The van der Waals surface area contributed by atoms with Gasteiger partial charge in [0, 0.05) is 26.8 Å². The molecule has 0 radical (unpaired) electrons. The third kappa shape index (κ3) is 4.76. The number of imidazole rings is 1. The summed E-state index contributed by atoms with van der Waals surface area (Å²) >= 11 is 0. The van der Waals surface area contributed by atoms with Gasteiger partial charge in [-0.15, -0.1) is 0 Å². The van der Waals surface area contributed by atoms with Crippen molar-refractivity contribution in [2.24, 2.45) is 0 Å². The molecule has 2 aromatic heterocycles. The quantitative estimate of drug-likeness (QED) is 0.538. The molecule has 5 N–H and O–H groups in total. The number of ether oxygens (including phenoxy) is 2. The van der Waals surface area contributed by atoms with Crippen molar-refractivity contribution >= 4 is 34.9 Å². The van der Waals surface area contributed by atoms with E-state index in [-0.39, 0.29) is 37.9 Å². The highest BCUT2D eigenvalue weighted by Crippen LogP contribution is 2.20. The number of hydrogen-bond donors (Lipinski definition) is 3. The first-order valence-corrected chi connectivity index (χ1v) is 7.43.